The molecule has 2 heterocycles. The number of cyclic esters (lactones) is 1. The van der Waals surface area contributed by atoms with Crippen molar-refractivity contribution >= 4 is 29.0 Å². The summed E-state index contributed by atoms with van der Waals surface area (Å²) < 4.78 is 10.4. The SMILES string of the molecule is COc1ccc(N2CC(CNC(=O)Cc3cccs3)OC2=O)cc1. The largest absolute Gasteiger partial charge is 0.497 e. The number of hydrogen-bond donors (Lipinski definition) is 1. The molecule has 1 fully saturated rings. The molecular formula is C17H18N2O4S. The Morgan fingerprint density at radius 2 is 2.17 bits per heavy atom. The van der Waals surface area contributed by atoms with Gasteiger partial charge in [0.15, 0.2) is 0 Å². The first-order chi connectivity index (χ1) is 11.7. The molecule has 1 atom stereocenters. The maximum absolute atomic E-state index is 12.0. The van der Waals surface area contributed by atoms with Crippen molar-refractivity contribution in [2.75, 3.05) is 25.1 Å². The zero-order valence-electron chi connectivity index (χ0n) is 13.2. The smallest absolute Gasteiger partial charge is 0.414 e. The molecule has 0 radical (unpaired) electrons. The fourth-order valence-corrected chi connectivity index (χ4v) is 3.17. The van der Waals surface area contributed by atoms with Crippen LogP contribution in [0.2, 0.25) is 0 Å². The van der Waals surface area contributed by atoms with Crippen molar-refractivity contribution in [2.45, 2.75) is 12.5 Å². The Labute approximate surface area is 144 Å². The van der Waals surface area contributed by atoms with Crippen LogP contribution in [0.3, 0.4) is 0 Å². The molecule has 24 heavy (non-hydrogen) atoms. The van der Waals surface area contributed by atoms with Crippen molar-refractivity contribution in [3.05, 3.63) is 46.7 Å². The Bertz CT molecular complexity index is 700. The van der Waals surface area contributed by atoms with Crippen LogP contribution in [0, 0.1) is 0 Å². The van der Waals surface area contributed by atoms with Gasteiger partial charge in [-0.1, -0.05) is 6.07 Å². The monoisotopic (exact) mass is 346 g/mol. The van der Waals surface area contributed by atoms with E-state index in [1.807, 2.05) is 17.5 Å². The first-order valence-corrected chi connectivity index (χ1v) is 8.45. The molecule has 1 N–H and O–H groups in total. The third-order valence-corrected chi connectivity index (χ3v) is 4.58. The van der Waals surface area contributed by atoms with Crippen LogP contribution in [0.5, 0.6) is 5.75 Å². The van der Waals surface area contributed by atoms with Gasteiger partial charge in [0.2, 0.25) is 5.91 Å². The van der Waals surface area contributed by atoms with Crippen molar-refractivity contribution in [3.63, 3.8) is 0 Å². The molecule has 1 saturated heterocycles. The average Bonchev–Trinajstić information content (AvgIpc) is 3.22. The van der Waals surface area contributed by atoms with E-state index in [-0.39, 0.29) is 12.0 Å². The number of hydrogen-bond acceptors (Lipinski definition) is 5. The number of benzene rings is 1. The molecule has 1 aromatic carbocycles. The molecule has 6 nitrogen and oxygen atoms in total. The summed E-state index contributed by atoms with van der Waals surface area (Å²) in [5.41, 5.74) is 0.744. The fraction of sp³-hybridized carbons (Fsp3) is 0.294. The van der Waals surface area contributed by atoms with E-state index in [4.69, 9.17) is 9.47 Å². The summed E-state index contributed by atoms with van der Waals surface area (Å²) in [5.74, 6) is 0.653. The summed E-state index contributed by atoms with van der Waals surface area (Å²) >= 11 is 1.55. The average molecular weight is 346 g/mol. The van der Waals surface area contributed by atoms with E-state index in [2.05, 4.69) is 5.32 Å². The second-order valence-corrected chi connectivity index (χ2v) is 6.41. The highest BCUT2D eigenvalue weighted by Crippen LogP contribution is 2.23. The highest BCUT2D eigenvalue weighted by atomic mass is 32.1. The summed E-state index contributed by atoms with van der Waals surface area (Å²) in [5, 5.41) is 4.76. The topological polar surface area (TPSA) is 67.9 Å². The number of nitrogens with zero attached hydrogens (tertiary/aromatic N) is 1. The van der Waals surface area contributed by atoms with E-state index in [0.29, 0.717) is 19.5 Å². The summed E-state index contributed by atoms with van der Waals surface area (Å²) in [6.07, 6.45) is -0.412. The molecule has 2 aromatic rings. The molecule has 1 aliphatic rings. The number of carbonyl (C=O) groups excluding carboxylic acids is 2. The number of methoxy groups -OCH3 is 1. The minimum atomic E-state index is -0.405. The van der Waals surface area contributed by atoms with Gasteiger partial charge in [0, 0.05) is 10.6 Å². The number of ether oxygens (including phenoxy) is 2. The number of nitrogens with one attached hydrogen (secondary N) is 1. The van der Waals surface area contributed by atoms with Crippen LogP contribution in [0.15, 0.2) is 41.8 Å². The van der Waals surface area contributed by atoms with Gasteiger partial charge in [0.05, 0.1) is 26.6 Å². The standard InChI is InChI=1S/C17H18N2O4S/c1-22-13-6-4-12(5-7-13)19-11-14(23-17(19)21)10-18-16(20)9-15-3-2-8-24-15/h2-8,14H,9-11H2,1H3,(H,18,20). The molecule has 126 valence electrons. The molecule has 0 bridgehead atoms. The third kappa shape index (κ3) is 3.86. The predicted octanol–water partition coefficient (Wildman–Crippen LogP) is 2.44. The van der Waals surface area contributed by atoms with Crippen molar-refractivity contribution < 1.29 is 19.1 Å². The zero-order valence-corrected chi connectivity index (χ0v) is 14.0. The van der Waals surface area contributed by atoms with Crippen molar-refractivity contribution in [2.24, 2.45) is 0 Å². The van der Waals surface area contributed by atoms with Crippen LogP contribution in [0.1, 0.15) is 4.88 Å². The van der Waals surface area contributed by atoms with E-state index < -0.39 is 6.09 Å². The predicted molar refractivity (Wildman–Crippen MR) is 91.6 cm³/mol. The van der Waals surface area contributed by atoms with Gasteiger partial charge in [-0.2, -0.15) is 0 Å². The van der Waals surface area contributed by atoms with Crippen LogP contribution in [-0.2, 0) is 16.0 Å². The molecule has 2 amide bonds. The Balaban J connectivity index is 1.51. The zero-order chi connectivity index (χ0) is 16.9. The molecule has 0 spiro atoms. The molecule has 3 rings (SSSR count). The summed E-state index contributed by atoms with van der Waals surface area (Å²) in [7, 11) is 1.59. The van der Waals surface area contributed by atoms with Gasteiger partial charge in [-0.05, 0) is 35.7 Å². The third-order valence-electron chi connectivity index (χ3n) is 3.70. The number of amides is 2. The molecule has 1 aromatic heterocycles. The molecule has 1 aliphatic heterocycles. The van der Waals surface area contributed by atoms with Gasteiger partial charge in [0.1, 0.15) is 11.9 Å². The quantitative estimate of drug-likeness (QED) is 0.872. The van der Waals surface area contributed by atoms with Gasteiger partial charge in [-0.15, -0.1) is 11.3 Å². The number of anilines is 1. The fourth-order valence-electron chi connectivity index (χ4n) is 2.46. The lowest BCUT2D eigenvalue weighted by Crippen LogP contribution is -2.35. The van der Waals surface area contributed by atoms with Crippen molar-refractivity contribution in [1.29, 1.82) is 0 Å². The maximum atomic E-state index is 12.0. The molecule has 7 heteroatoms. The van der Waals surface area contributed by atoms with Crippen LogP contribution in [-0.4, -0.2) is 38.3 Å². The Kier molecular flexibility index (Phi) is 5.00. The number of rotatable bonds is 6. The highest BCUT2D eigenvalue weighted by molar-refractivity contribution is 7.10. The Hall–Kier alpha value is -2.54. The number of thiophene rings is 1. The first kappa shape index (κ1) is 16.3. The van der Waals surface area contributed by atoms with E-state index in [9.17, 15) is 9.59 Å². The van der Waals surface area contributed by atoms with Crippen molar-refractivity contribution in [1.82, 2.24) is 5.32 Å². The van der Waals surface area contributed by atoms with Crippen LogP contribution in [0.4, 0.5) is 10.5 Å². The summed E-state index contributed by atoms with van der Waals surface area (Å²) in [4.78, 5) is 26.5. The van der Waals surface area contributed by atoms with Gasteiger partial charge < -0.3 is 14.8 Å². The Morgan fingerprint density at radius 3 is 2.83 bits per heavy atom. The lowest BCUT2D eigenvalue weighted by molar-refractivity contribution is -0.120. The van der Waals surface area contributed by atoms with E-state index >= 15 is 0 Å². The summed E-state index contributed by atoms with van der Waals surface area (Å²) in [6, 6.07) is 11.0. The number of carbonyl (C=O) groups is 2. The van der Waals surface area contributed by atoms with Gasteiger partial charge >= 0.3 is 6.09 Å². The molecule has 0 saturated carbocycles. The summed E-state index contributed by atoms with van der Waals surface area (Å²) in [6.45, 7) is 0.715. The van der Waals surface area contributed by atoms with Gasteiger partial charge in [-0.3, -0.25) is 9.69 Å². The highest BCUT2D eigenvalue weighted by Gasteiger charge is 2.32. The molecule has 1 unspecified atom stereocenters. The van der Waals surface area contributed by atoms with Crippen LogP contribution in [0.25, 0.3) is 0 Å². The van der Waals surface area contributed by atoms with Crippen LogP contribution >= 0.6 is 11.3 Å². The molecule has 0 aliphatic carbocycles. The van der Waals surface area contributed by atoms with Crippen LogP contribution < -0.4 is 15.0 Å². The maximum Gasteiger partial charge on any atom is 0.414 e. The minimum absolute atomic E-state index is 0.0728. The van der Waals surface area contributed by atoms with Gasteiger partial charge in [0.25, 0.3) is 0 Å². The lowest BCUT2D eigenvalue weighted by atomic mass is 10.2. The van der Waals surface area contributed by atoms with Crippen molar-refractivity contribution in [3.8, 4) is 5.75 Å². The second kappa shape index (κ2) is 7.35. The van der Waals surface area contributed by atoms with E-state index in [1.165, 1.54) is 0 Å². The lowest BCUT2D eigenvalue weighted by Gasteiger charge is -2.13. The second-order valence-electron chi connectivity index (χ2n) is 5.37. The normalized spacial score (nSPS) is 16.8. The molecular weight excluding hydrogens is 328 g/mol. The van der Waals surface area contributed by atoms with E-state index in [0.717, 1.165) is 16.3 Å². The Morgan fingerprint density at radius 1 is 1.38 bits per heavy atom. The van der Waals surface area contributed by atoms with E-state index in [1.54, 1.807) is 47.6 Å². The minimum Gasteiger partial charge on any atom is -0.497 e. The van der Waals surface area contributed by atoms with Gasteiger partial charge in [-0.25, -0.2) is 4.79 Å². The first-order valence-electron chi connectivity index (χ1n) is 7.57.